The van der Waals surface area contributed by atoms with Crippen LogP contribution in [-0.4, -0.2) is 48.2 Å². The van der Waals surface area contributed by atoms with E-state index in [9.17, 15) is 14.0 Å². The van der Waals surface area contributed by atoms with E-state index < -0.39 is 0 Å². The van der Waals surface area contributed by atoms with Crippen LogP contribution in [0.25, 0.3) is 0 Å². The third-order valence-electron chi connectivity index (χ3n) is 4.98. The molecule has 0 aromatic heterocycles. The Balaban J connectivity index is 1.61. The van der Waals surface area contributed by atoms with Crippen LogP contribution in [0.15, 0.2) is 48.5 Å². The second-order valence-electron chi connectivity index (χ2n) is 6.79. The lowest BCUT2D eigenvalue weighted by Crippen LogP contribution is -2.49. The molecule has 1 saturated heterocycles. The van der Waals surface area contributed by atoms with E-state index in [0.717, 1.165) is 0 Å². The van der Waals surface area contributed by atoms with Gasteiger partial charge in [-0.1, -0.05) is 41.9 Å². The van der Waals surface area contributed by atoms with Crippen LogP contribution < -0.4 is 0 Å². The summed E-state index contributed by atoms with van der Waals surface area (Å²) in [6.45, 7) is 1.65. The quantitative estimate of drug-likeness (QED) is 0.728. The Morgan fingerprint density at radius 1 is 1.11 bits per heavy atom. The van der Waals surface area contributed by atoms with Crippen molar-refractivity contribution in [1.29, 1.82) is 0 Å². The fourth-order valence-corrected chi connectivity index (χ4v) is 3.56. The van der Waals surface area contributed by atoms with Gasteiger partial charge in [-0.05, 0) is 25.2 Å². The lowest BCUT2D eigenvalue weighted by atomic mass is 10.0. The van der Waals surface area contributed by atoms with Gasteiger partial charge in [0.1, 0.15) is 5.82 Å². The first-order valence-electron chi connectivity index (χ1n) is 8.97. The molecule has 1 amide bonds. The van der Waals surface area contributed by atoms with E-state index in [4.69, 9.17) is 11.6 Å². The van der Waals surface area contributed by atoms with E-state index in [-0.39, 0.29) is 36.4 Å². The predicted octanol–water partition coefficient (Wildman–Crippen LogP) is 3.96. The average molecular weight is 389 g/mol. The summed E-state index contributed by atoms with van der Waals surface area (Å²) in [5, 5.41) is 0.499. The van der Waals surface area contributed by atoms with Gasteiger partial charge in [-0.25, -0.2) is 4.39 Å². The van der Waals surface area contributed by atoms with Gasteiger partial charge in [0.25, 0.3) is 0 Å². The van der Waals surface area contributed by atoms with Crippen LogP contribution in [0.3, 0.4) is 0 Å². The lowest BCUT2D eigenvalue weighted by molar-refractivity contribution is -0.134. The smallest absolute Gasteiger partial charge is 0.223 e. The highest BCUT2D eigenvalue weighted by Gasteiger charge is 2.30. The average Bonchev–Trinajstić information content (AvgIpc) is 2.67. The molecule has 0 aliphatic carbocycles. The van der Waals surface area contributed by atoms with Crippen LogP contribution in [0.2, 0.25) is 5.02 Å². The Labute approximate surface area is 163 Å². The Hall–Kier alpha value is -2.24. The molecule has 2 aromatic rings. The summed E-state index contributed by atoms with van der Waals surface area (Å²) in [5.74, 6) is -0.453. The largest absolute Gasteiger partial charge is 0.339 e. The van der Waals surface area contributed by atoms with Crippen LogP contribution in [0.5, 0.6) is 0 Å². The zero-order chi connectivity index (χ0) is 19.4. The molecular weight excluding hydrogens is 367 g/mol. The molecule has 1 aliphatic heterocycles. The normalized spacial score (nSPS) is 17.7. The first-order valence-corrected chi connectivity index (χ1v) is 9.34. The van der Waals surface area contributed by atoms with E-state index in [1.807, 2.05) is 7.05 Å². The van der Waals surface area contributed by atoms with Crippen LogP contribution in [-0.2, 0) is 4.79 Å². The molecule has 1 fully saturated rings. The summed E-state index contributed by atoms with van der Waals surface area (Å²) in [7, 11) is 1.93. The summed E-state index contributed by atoms with van der Waals surface area (Å²) in [4.78, 5) is 28.7. The molecule has 27 heavy (non-hydrogen) atoms. The number of carbonyl (C=O) groups excluding carboxylic acids is 2. The standard InChI is InChI=1S/C21H22ClFN2O2/c1-24-11-12-25(14-19(24)17-7-2-3-8-18(17)23)21(27)10-9-20(26)15-5-4-6-16(22)13-15/h2-8,13,19H,9-12,14H2,1H3. The van der Waals surface area contributed by atoms with Crippen molar-refractivity contribution in [2.75, 3.05) is 26.7 Å². The predicted molar refractivity (Wildman–Crippen MR) is 103 cm³/mol. The topological polar surface area (TPSA) is 40.6 Å². The molecule has 0 bridgehead atoms. The minimum Gasteiger partial charge on any atom is -0.339 e. The molecule has 0 saturated carbocycles. The number of ketones is 1. The van der Waals surface area contributed by atoms with E-state index in [2.05, 4.69) is 4.90 Å². The van der Waals surface area contributed by atoms with Crippen molar-refractivity contribution in [3.05, 3.63) is 70.5 Å². The molecule has 142 valence electrons. The SMILES string of the molecule is CN1CCN(C(=O)CCC(=O)c2cccc(Cl)c2)CC1c1ccccc1F. The molecule has 0 radical (unpaired) electrons. The molecule has 2 aromatic carbocycles. The first-order chi connectivity index (χ1) is 13.0. The second-order valence-corrected chi connectivity index (χ2v) is 7.23. The molecule has 6 heteroatoms. The van der Waals surface area contributed by atoms with Gasteiger partial charge in [0.15, 0.2) is 5.78 Å². The van der Waals surface area contributed by atoms with Gasteiger partial charge in [0, 0.05) is 48.6 Å². The van der Waals surface area contributed by atoms with Gasteiger partial charge in [0.2, 0.25) is 5.91 Å². The number of carbonyl (C=O) groups is 2. The van der Waals surface area contributed by atoms with Crippen LogP contribution in [0.1, 0.15) is 34.8 Å². The molecule has 4 nitrogen and oxygen atoms in total. The minimum absolute atomic E-state index is 0.0835. The van der Waals surface area contributed by atoms with Crippen molar-refractivity contribution in [3.63, 3.8) is 0 Å². The zero-order valence-electron chi connectivity index (χ0n) is 15.2. The number of hydrogen-bond acceptors (Lipinski definition) is 3. The number of amides is 1. The van der Waals surface area contributed by atoms with Crippen molar-refractivity contribution in [1.82, 2.24) is 9.80 Å². The number of Topliss-reactive ketones (excluding diaryl/α,β-unsaturated/α-hetero) is 1. The number of nitrogens with zero attached hydrogens (tertiary/aromatic N) is 2. The Kier molecular flexibility index (Phi) is 6.24. The summed E-state index contributed by atoms with van der Waals surface area (Å²) in [6.07, 6.45) is 0.273. The highest BCUT2D eigenvalue weighted by Crippen LogP contribution is 2.26. The molecule has 1 unspecified atom stereocenters. The molecular formula is C21H22ClFN2O2. The highest BCUT2D eigenvalue weighted by atomic mass is 35.5. The molecule has 1 aliphatic rings. The van der Waals surface area contributed by atoms with Gasteiger partial charge in [0.05, 0.1) is 6.04 Å². The molecule has 0 N–H and O–H groups in total. The van der Waals surface area contributed by atoms with Crippen molar-refractivity contribution >= 4 is 23.3 Å². The van der Waals surface area contributed by atoms with E-state index >= 15 is 0 Å². The first kappa shape index (κ1) is 19.5. The molecule has 0 spiro atoms. The van der Waals surface area contributed by atoms with Crippen molar-refractivity contribution in [3.8, 4) is 0 Å². The third kappa shape index (κ3) is 4.73. The van der Waals surface area contributed by atoms with Gasteiger partial charge in [-0.3, -0.25) is 14.5 Å². The Bertz CT molecular complexity index is 842. The van der Waals surface area contributed by atoms with E-state index in [1.54, 1.807) is 47.4 Å². The lowest BCUT2D eigenvalue weighted by Gasteiger charge is -2.39. The third-order valence-corrected chi connectivity index (χ3v) is 5.21. The molecule has 1 heterocycles. The van der Waals surface area contributed by atoms with Crippen LogP contribution >= 0.6 is 11.6 Å². The fourth-order valence-electron chi connectivity index (χ4n) is 3.37. The molecule has 1 atom stereocenters. The highest BCUT2D eigenvalue weighted by molar-refractivity contribution is 6.31. The van der Waals surface area contributed by atoms with Crippen molar-refractivity contribution in [2.45, 2.75) is 18.9 Å². The maximum atomic E-state index is 14.2. The van der Waals surface area contributed by atoms with Crippen LogP contribution in [0, 0.1) is 5.82 Å². The number of piperazine rings is 1. The number of rotatable bonds is 5. The summed E-state index contributed by atoms with van der Waals surface area (Å²) < 4.78 is 14.2. The van der Waals surface area contributed by atoms with Gasteiger partial charge < -0.3 is 4.90 Å². The Morgan fingerprint density at radius 2 is 1.89 bits per heavy atom. The Morgan fingerprint density at radius 3 is 2.63 bits per heavy atom. The number of halogens is 2. The summed E-state index contributed by atoms with van der Waals surface area (Å²) >= 11 is 5.91. The van der Waals surface area contributed by atoms with E-state index in [0.29, 0.717) is 35.8 Å². The second kappa shape index (κ2) is 8.63. The summed E-state index contributed by atoms with van der Waals surface area (Å²) in [6, 6.07) is 13.2. The minimum atomic E-state index is -0.264. The number of likely N-dealkylation sites (N-methyl/N-ethyl adjacent to an activating group) is 1. The maximum absolute atomic E-state index is 14.2. The van der Waals surface area contributed by atoms with Gasteiger partial charge in [-0.15, -0.1) is 0 Å². The maximum Gasteiger partial charge on any atom is 0.223 e. The van der Waals surface area contributed by atoms with Crippen LogP contribution in [0.4, 0.5) is 4.39 Å². The summed E-state index contributed by atoms with van der Waals surface area (Å²) in [5.41, 5.74) is 1.10. The number of benzene rings is 2. The van der Waals surface area contributed by atoms with Crippen molar-refractivity contribution in [2.24, 2.45) is 0 Å². The number of hydrogen-bond donors (Lipinski definition) is 0. The molecule has 3 rings (SSSR count). The fraction of sp³-hybridized carbons (Fsp3) is 0.333. The van der Waals surface area contributed by atoms with Gasteiger partial charge in [-0.2, -0.15) is 0 Å². The van der Waals surface area contributed by atoms with Gasteiger partial charge >= 0.3 is 0 Å². The zero-order valence-corrected chi connectivity index (χ0v) is 16.0. The van der Waals surface area contributed by atoms with E-state index in [1.165, 1.54) is 6.07 Å². The monoisotopic (exact) mass is 388 g/mol. The van der Waals surface area contributed by atoms with Crippen molar-refractivity contribution < 1.29 is 14.0 Å².